The lowest BCUT2D eigenvalue weighted by Crippen LogP contribution is -2.14. The van der Waals surface area contributed by atoms with Gasteiger partial charge in [-0.1, -0.05) is 44.7 Å². The van der Waals surface area contributed by atoms with Crippen LogP contribution in [0, 0.1) is 23.1 Å². The number of benzene rings is 2. The average molecular weight is 394 g/mol. The molecule has 0 heterocycles. The van der Waals surface area contributed by atoms with E-state index in [4.69, 9.17) is 10.00 Å². The molecule has 0 amide bonds. The van der Waals surface area contributed by atoms with Gasteiger partial charge >= 0.3 is 5.97 Å². The van der Waals surface area contributed by atoms with Gasteiger partial charge in [-0.2, -0.15) is 5.26 Å². The Labute approximate surface area is 172 Å². The van der Waals surface area contributed by atoms with Crippen molar-refractivity contribution in [1.29, 1.82) is 5.26 Å². The van der Waals surface area contributed by atoms with Crippen LogP contribution in [-0.2, 0) is 0 Å². The van der Waals surface area contributed by atoms with E-state index < -0.39 is 11.8 Å². The second-order valence-corrected chi connectivity index (χ2v) is 7.98. The second-order valence-electron chi connectivity index (χ2n) is 7.98. The number of hydrogen-bond donors (Lipinski definition) is 0. The predicted octanol–water partition coefficient (Wildman–Crippen LogP) is 6.77. The Morgan fingerprint density at radius 2 is 1.83 bits per heavy atom. The first-order chi connectivity index (χ1) is 14.1. The topological polar surface area (TPSA) is 50.1 Å². The molecule has 0 aliphatic heterocycles. The number of unbranched alkanes of at least 4 members (excludes halogenated alkanes) is 2. The van der Waals surface area contributed by atoms with Crippen molar-refractivity contribution in [3.8, 4) is 11.8 Å². The second kappa shape index (κ2) is 10.2. The molecule has 152 valence electrons. The fourth-order valence-electron chi connectivity index (χ4n) is 4.17. The molecule has 3 rings (SSSR count). The van der Waals surface area contributed by atoms with Crippen molar-refractivity contribution in [1.82, 2.24) is 0 Å². The Kier molecular flexibility index (Phi) is 7.41. The minimum Gasteiger partial charge on any atom is -0.423 e. The first-order valence-corrected chi connectivity index (χ1v) is 10.6. The maximum absolute atomic E-state index is 13.7. The molecule has 1 saturated carbocycles. The highest BCUT2D eigenvalue weighted by atomic mass is 19.1. The van der Waals surface area contributed by atoms with Gasteiger partial charge in [-0.15, -0.1) is 0 Å². The van der Waals surface area contributed by atoms with Crippen molar-refractivity contribution in [3.05, 3.63) is 65.0 Å². The zero-order chi connectivity index (χ0) is 20.6. The molecule has 0 radical (unpaired) electrons. The van der Waals surface area contributed by atoms with E-state index in [2.05, 4.69) is 6.92 Å². The maximum atomic E-state index is 13.7. The molecule has 2 aromatic carbocycles. The lowest BCUT2D eigenvalue weighted by Gasteiger charge is -2.29. The summed E-state index contributed by atoms with van der Waals surface area (Å²) in [4.78, 5) is 12.3. The highest BCUT2D eigenvalue weighted by Crippen LogP contribution is 2.37. The van der Waals surface area contributed by atoms with Crippen LogP contribution in [0.5, 0.6) is 5.75 Å². The molecule has 2 aromatic rings. The first-order valence-electron chi connectivity index (χ1n) is 10.6. The summed E-state index contributed by atoms with van der Waals surface area (Å²) in [6.07, 6.45) is 10.4. The highest BCUT2D eigenvalue weighted by molar-refractivity contribution is 5.91. The standard InChI is InChI=1S/C25H28FNO2/c1-2-3-4-5-18-6-8-19(9-7-18)20-10-12-21(13-11-20)25(28)29-23-15-14-22(17-27)24(26)16-23/h10-16,18-19H,2-9H2,1H3/t18-,19-. The van der Waals surface area contributed by atoms with Crippen molar-refractivity contribution >= 4 is 5.97 Å². The van der Waals surface area contributed by atoms with E-state index in [-0.39, 0.29) is 11.3 Å². The molecule has 0 saturated heterocycles. The van der Waals surface area contributed by atoms with E-state index >= 15 is 0 Å². The van der Waals surface area contributed by atoms with Crippen LogP contribution in [0.1, 0.15) is 85.7 Å². The molecule has 1 aliphatic carbocycles. The van der Waals surface area contributed by atoms with Gasteiger partial charge in [0.15, 0.2) is 0 Å². The van der Waals surface area contributed by atoms with Gasteiger partial charge in [0.25, 0.3) is 0 Å². The Hall–Kier alpha value is -2.67. The number of rotatable bonds is 7. The maximum Gasteiger partial charge on any atom is 0.343 e. The van der Waals surface area contributed by atoms with Gasteiger partial charge < -0.3 is 4.74 Å². The largest absolute Gasteiger partial charge is 0.423 e. The van der Waals surface area contributed by atoms with Crippen LogP contribution in [0.2, 0.25) is 0 Å². The lowest BCUT2D eigenvalue weighted by atomic mass is 9.77. The number of halogens is 1. The number of carbonyl (C=O) groups excluding carboxylic acids is 1. The molecule has 0 spiro atoms. The van der Waals surface area contributed by atoms with Crippen LogP contribution in [0.25, 0.3) is 0 Å². The zero-order valence-electron chi connectivity index (χ0n) is 17.0. The number of ether oxygens (including phenoxy) is 1. The Morgan fingerprint density at radius 3 is 2.45 bits per heavy atom. The molecule has 4 heteroatoms. The molecule has 0 bridgehead atoms. The normalized spacial score (nSPS) is 18.8. The Balaban J connectivity index is 1.54. The monoisotopic (exact) mass is 393 g/mol. The lowest BCUT2D eigenvalue weighted by molar-refractivity contribution is 0.0734. The third-order valence-corrected chi connectivity index (χ3v) is 5.95. The van der Waals surface area contributed by atoms with Crippen molar-refractivity contribution in [2.75, 3.05) is 0 Å². The van der Waals surface area contributed by atoms with E-state index in [1.165, 1.54) is 69.1 Å². The fraction of sp³-hybridized carbons (Fsp3) is 0.440. The van der Waals surface area contributed by atoms with Gasteiger partial charge in [0.05, 0.1) is 11.1 Å². The van der Waals surface area contributed by atoms with Crippen LogP contribution in [-0.4, -0.2) is 5.97 Å². The summed E-state index contributed by atoms with van der Waals surface area (Å²) in [5.41, 5.74) is 1.64. The number of carbonyl (C=O) groups is 1. The fourth-order valence-corrected chi connectivity index (χ4v) is 4.17. The number of nitrogens with zero attached hydrogens (tertiary/aromatic N) is 1. The quantitative estimate of drug-likeness (QED) is 0.296. The van der Waals surface area contributed by atoms with Gasteiger partial charge in [0, 0.05) is 6.07 Å². The van der Waals surface area contributed by atoms with Crippen LogP contribution >= 0.6 is 0 Å². The van der Waals surface area contributed by atoms with Gasteiger partial charge in [-0.3, -0.25) is 0 Å². The molecule has 1 aliphatic rings. The third kappa shape index (κ3) is 5.67. The Morgan fingerprint density at radius 1 is 1.10 bits per heavy atom. The van der Waals surface area contributed by atoms with E-state index in [0.717, 1.165) is 12.0 Å². The summed E-state index contributed by atoms with van der Waals surface area (Å²) in [5, 5.41) is 8.77. The van der Waals surface area contributed by atoms with E-state index in [9.17, 15) is 9.18 Å². The molecular weight excluding hydrogens is 365 g/mol. The number of esters is 1. The van der Waals surface area contributed by atoms with E-state index in [1.807, 2.05) is 12.1 Å². The van der Waals surface area contributed by atoms with Gasteiger partial charge in [0.2, 0.25) is 0 Å². The van der Waals surface area contributed by atoms with E-state index in [0.29, 0.717) is 11.5 Å². The predicted molar refractivity (Wildman–Crippen MR) is 111 cm³/mol. The van der Waals surface area contributed by atoms with Crippen molar-refractivity contribution in [2.45, 2.75) is 64.2 Å². The third-order valence-electron chi connectivity index (χ3n) is 5.95. The van der Waals surface area contributed by atoms with Crippen LogP contribution in [0.3, 0.4) is 0 Å². The Bertz CT molecular complexity index is 861. The van der Waals surface area contributed by atoms with E-state index in [1.54, 1.807) is 18.2 Å². The highest BCUT2D eigenvalue weighted by Gasteiger charge is 2.22. The SMILES string of the molecule is CCCCC[C@H]1CC[C@H](c2ccc(C(=O)Oc3ccc(C#N)c(F)c3)cc2)CC1. The van der Waals surface area contributed by atoms with Gasteiger partial charge in [-0.05, 0) is 67.3 Å². The summed E-state index contributed by atoms with van der Waals surface area (Å²) in [6.45, 7) is 2.25. The van der Waals surface area contributed by atoms with Crippen LogP contribution in [0.15, 0.2) is 42.5 Å². The smallest absolute Gasteiger partial charge is 0.343 e. The first kappa shape index (κ1) is 21.0. The number of nitriles is 1. The molecule has 3 nitrogen and oxygen atoms in total. The summed E-state index contributed by atoms with van der Waals surface area (Å²) >= 11 is 0. The van der Waals surface area contributed by atoms with Gasteiger partial charge in [-0.25, -0.2) is 9.18 Å². The molecule has 0 aromatic heterocycles. The molecule has 0 unspecified atom stereocenters. The number of hydrogen-bond acceptors (Lipinski definition) is 3. The average Bonchev–Trinajstić information content (AvgIpc) is 2.75. The molecule has 1 fully saturated rings. The summed E-state index contributed by atoms with van der Waals surface area (Å²) in [5.74, 6) is 0.311. The zero-order valence-corrected chi connectivity index (χ0v) is 17.0. The van der Waals surface area contributed by atoms with Crippen molar-refractivity contribution in [3.63, 3.8) is 0 Å². The molecular formula is C25H28FNO2. The molecule has 0 N–H and O–H groups in total. The van der Waals surface area contributed by atoms with Crippen LogP contribution < -0.4 is 4.74 Å². The van der Waals surface area contributed by atoms with Crippen LogP contribution in [0.4, 0.5) is 4.39 Å². The minimum absolute atomic E-state index is 0.0748. The molecule has 0 atom stereocenters. The summed E-state index contributed by atoms with van der Waals surface area (Å²) in [7, 11) is 0. The summed E-state index contributed by atoms with van der Waals surface area (Å²) in [6, 6.07) is 13.1. The van der Waals surface area contributed by atoms with Crippen molar-refractivity contribution in [2.24, 2.45) is 5.92 Å². The van der Waals surface area contributed by atoms with Gasteiger partial charge in [0.1, 0.15) is 17.6 Å². The molecule has 29 heavy (non-hydrogen) atoms. The van der Waals surface area contributed by atoms with Crippen molar-refractivity contribution < 1.29 is 13.9 Å². The minimum atomic E-state index is -0.696. The summed E-state index contributed by atoms with van der Waals surface area (Å²) < 4.78 is 18.9.